The molecule has 5 nitrogen and oxygen atoms in total. The van der Waals surface area contributed by atoms with E-state index in [2.05, 4.69) is 18.3 Å². The zero-order chi connectivity index (χ0) is 14.6. The van der Waals surface area contributed by atoms with Crippen LogP contribution in [-0.4, -0.2) is 35.6 Å². The van der Waals surface area contributed by atoms with E-state index in [-0.39, 0.29) is 18.0 Å². The summed E-state index contributed by atoms with van der Waals surface area (Å²) in [6.07, 6.45) is 3.13. The van der Waals surface area contributed by atoms with Gasteiger partial charge >= 0.3 is 0 Å². The van der Waals surface area contributed by atoms with Crippen LogP contribution in [0, 0.1) is 13.8 Å². The van der Waals surface area contributed by atoms with Crippen LogP contribution in [0.1, 0.15) is 18.3 Å². The summed E-state index contributed by atoms with van der Waals surface area (Å²) < 4.78 is 28.4. The number of hydrogen-bond donors (Lipinski definition) is 0. The maximum absolute atomic E-state index is 12.7. The molecule has 0 aliphatic heterocycles. The Hall–Kier alpha value is -1.40. The van der Waals surface area contributed by atoms with Crippen LogP contribution >= 0.6 is 0 Å². The Morgan fingerprint density at radius 1 is 1.26 bits per heavy atom. The molecule has 0 aliphatic rings. The summed E-state index contributed by atoms with van der Waals surface area (Å²) in [5.41, 5.74) is 1.19. The van der Waals surface area contributed by atoms with Crippen molar-refractivity contribution in [2.75, 3.05) is 13.1 Å². The van der Waals surface area contributed by atoms with Gasteiger partial charge in [-0.2, -0.15) is 9.40 Å². The maximum atomic E-state index is 12.7. The molecule has 0 bridgehead atoms. The Bertz CT molecular complexity index is 563. The van der Waals surface area contributed by atoms with Crippen molar-refractivity contribution in [1.29, 1.82) is 0 Å². The molecule has 0 aliphatic carbocycles. The molecule has 1 aromatic heterocycles. The first-order valence-corrected chi connectivity index (χ1v) is 7.60. The molecular formula is C13H21N3O2S. The minimum absolute atomic E-state index is 0.255. The fraction of sp³-hybridized carbons (Fsp3) is 0.462. The molecule has 0 atom stereocenters. The second kappa shape index (κ2) is 6.16. The molecule has 6 heteroatoms. The van der Waals surface area contributed by atoms with E-state index in [0.717, 1.165) is 0 Å². The first-order chi connectivity index (χ1) is 8.89. The molecule has 1 heterocycles. The third-order valence-electron chi connectivity index (χ3n) is 2.88. The Morgan fingerprint density at radius 3 is 2.16 bits per heavy atom. The number of hydrogen-bond acceptors (Lipinski definition) is 3. The zero-order valence-corrected chi connectivity index (χ0v) is 12.6. The van der Waals surface area contributed by atoms with Gasteiger partial charge in [-0.1, -0.05) is 12.2 Å². The van der Waals surface area contributed by atoms with Gasteiger partial charge in [0.2, 0.25) is 10.0 Å². The number of nitrogens with zero attached hydrogens (tertiary/aromatic N) is 3. The SMILES string of the molecule is C=CCN(CC=C)S(=O)(=O)c1c(C)nn(CC)c1C. The molecule has 0 saturated carbocycles. The molecule has 0 saturated heterocycles. The van der Waals surface area contributed by atoms with Crippen LogP contribution in [0.25, 0.3) is 0 Å². The van der Waals surface area contributed by atoms with E-state index in [1.54, 1.807) is 30.7 Å². The molecule has 0 fully saturated rings. The van der Waals surface area contributed by atoms with Gasteiger partial charge in [0.05, 0.1) is 11.4 Å². The molecule has 0 aromatic carbocycles. The van der Waals surface area contributed by atoms with Crippen LogP contribution in [0.3, 0.4) is 0 Å². The lowest BCUT2D eigenvalue weighted by molar-refractivity contribution is 0.473. The highest BCUT2D eigenvalue weighted by atomic mass is 32.2. The number of aromatic nitrogens is 2. The summed E-state index contributed by atoms with van der Waals surface area (Å²) in [5, 5.41) is 4.26. The highest BCUT2D eigenvalue weighted by Crippen LogP contribution is 2.23. The molecule has 0 amide bonds. The average molecular weight is 283 g/mol. The summed E-state index contributed by atoms with van der Waals surface area (Å²) >= 11 is 0. The van der Waals surface area contributed by atoms with Gasteiger partial charge in [0.25, 0.3) is 0 Å². The Kier molecular flexibility index (Phi) is 5.08. The first-order valence-electron chi connectivity index (χ1n) is 6.16. The van der Waals surface area contributed by atoms with Crippen molar-refractivity contribution < 1.29 is 8.42 Å². The van der Waals surface area contributed by atoms with E-state index >= 15 is 0 Å². The van der Waals surface area contributed by atoms with Crippen LogP contribution in [-0.2, 0) is 16.6 Å². The lowest BCUT2D eigenvalue weighted by Gasteiger charge is -2.19. The van der Waals surface area contributed by atoms with Gasteiger partial charge in [0.15, 0.2) is 0 Å². The van der Waals surface area contributed by atoms with E-state index in [1.807, 2.05) is 6.92 Å². The van der Waals surface area contributed by atoms with Crippen LogP contribution in [0.4, 0.5) is 0 Å². The summed E-state index contributed by atoms with van der Waals surface area (Å²) in [6, 6.07) is 0. The number of sulfonamides is 1. The predicted molar refractivity (Wildman–Crippen MR) is 76.5 cm³/mol. The fourth-order valence-corrected chi connectivity index (χ4v) is 3.80. The van der Waals surface area contributed by atoms with Crippen molar-refractivity contribution in [3.05, 3.63) is 36.7 Å². The lowest BCUT2D eigenvalue weighted by atomic mass is 10.4. The Morgan fingerprint density at radius 2 is 1.79 bits per heavy atom. The topological polar surface area (TPSA) is 55.2 Å². The van der Waals surface area contributed by atoms with Crippen molar-refractivity contribution in [3.63, 3.8) is 0 Å². The summed E-state index contributed by atoms with van der Waals surface area (Å²) in [4.78, 5) is 0.290. The summed E-state index contributed by atoms with van der Waals surface area (Å²) in [5.74, 6) is 0. The largest absolute Gasteiger partial charge is 0.268 e. The third-order valence-corrected chi connectivity index (χ3v) is 4.96. The predicted octanol–water partition coefficient (Wildman–Crippen LogP) is 1.88. The lowest BCUT2D eigenvalue weighted by Crippen LogP contribution is -2.32. The first kappa shape index (κ1) is 15.7. The molecule has 0 unspecified atom stereocenters. The van der Waals surface area contributed by atoms with E-state index in [9.17, 15) is 8.42 Å². The second-order valence-corrected chi connectivity index (χ2v) is 6.09. The van der Waals surface area contributed by atoms with Crippen LogP contribution in [0.2, 0.25) is 0 Å². The van der Waals surface area contributed by atoms with Gasteiger partial charge in [0, 0.05) is 19.6 Å². The highest BCUT2D eigenvalue weighted by Gasteiger charge is 2.29. The molecule has 1 rings (SSSR count). The summed E-state index contributed by atoms with van der Waals surface area (Å²) in [6.45, 7) is 13.8. The van der Waals surface area contributed by atoms with Gasteiger partial charge in [-0.05, 0) is 20.8 Å². The van der Waals surface area contributed by atoms with Gasteiger partial charge in [-0.15, -0.1) is 13.2 Å². The van der Waals surface area contributed by atoms with Gasteiger partial charge in [0.1, 0.15) is 4.90 Å². The third kappa shape index (κ3) is 2.96. The van der Waals surface area contributed by atoms with Gasteiger partial charge in [-0.25, -0.2) is 8.42 Å². The molecule has 0 spiro atoms. The van der Waals surface area contributed by atoms with Gasteiger partial charge < -0.3 is 0 Å². The average Bonchev–Trinajstić information content (AvgIpc) is 2.64. The zero-order valence-electron chi connectivity index (χ0n) is 11.8. The summed E-state index contributed by atoms with van der Waals surface area (Å²) in [7, 11) is -3.57. The van der Waals surface area contributed by atoms with Crippen molar-refractivity contribution in [1.82, 2.24) is 14.1 Å². The van der Waals surface area contributed by atoms with Crippen LogP contribution < -0.4 is 0 Å². The molecular weight excluding hydrogens is 262 g/mol. The molecule has 106 valence electrons. The van der Waals surface area contributed by atoms with Crippen molar-refractivity contribution in [3.8, 4) is 0 Å². The van der Waals surface area contributed by atoms with E-state index < -0.39 is 10.0 Å². The van der Waals surface area contributed by atoms with E-state index in [4.69, 9.17) is 0 Å². The quantitative estimate of drug-likeness (QED) is 0.718. The van der Waals surface area contributed by atoms with Crippen molar-refractivity contribution in [2.24, 2.45) is 0 Å². The fourth-order valence-electron chi connectivity index (χ4n) is 2.05. The second-order valence-electron chi connectivity index (χ2n) is 4.22. The minimum Gasteiger partial charge on any atom is -0.268 e. The van der Waals surface area contributed by atoms with Crippen LogP contribution in [0.15, 0.2) is 30.2 Å². The Balaban J connectivity index is 3.36. The number of aryl methyl sites for hydroxylation is 2. The molecule has 0 radical (unpaired) electrons. The van der Waals surface area contributed by atoms with E-state index in [1.165, 1.54) is 4.31 Å². The number of rotatable bonds is 7. The standard InChI is InChI=1S/C13H21N3O2S/c1-6-9-15(10-7-2)19(17,18)13-11(4)14-16(8-3)12(13)5/h6-7H,1-2,8-10H2,3-5H3. The molecule has 1 aromatic rings. The van der Waals surface area contributed by atoms with Gasteiger partial charge in [-0.3, -0.25) is 4.68 Å². The Labute approximate surface area is 115 Å². The molecule has 0 N–H and O–H groups in total. The normalized spacial score (nSPS) is 11.8. The van der Waals surface area contributed by atoms with Crippen molar-refractivity contribution >= 4 is 10.0 Å². The highest BCUT2D eigenvalue weighted by molar-refractivity contribution is 7.89. The van der Waals surface area contributed by atoms with Crippen LogP contribution in [0.5, 0.6) is 0 Å². The minimum atomic E-state index is -3.57. The smallest absolute Gasteiger partial charge is 0.247 e. The van der Waals surface area contributed by atoms with Crippen molar-refractivity contribution in [2.45, 2.75) is 32.2 Å². The maximum Gasteiger partial charge on any atom is 0.247 e. The monoisotopic (exact) mass is 283 g/mol. The molecule has 19 heavy (non-hydrogen) atoms. The van der Waals surface area contributed by atoms with E-state index in [0.29, 0.717) is 17.9 Å².